The molecule has 110 valence electrons. The van der Waals surface area contributed by atoms with E-state index in [2.05, 4.69) is 5.32 Å². The molecule has 0 saturated carbocycles. The van der Waals surface area contributed by atoms with Gasteiger partial charge in [0.15, 0.2) is 0 Å². The molecule has 1 heterocycles. The maximum atomic E-state index is 12.1. The number of carbonyl (C=O) groups excluding carboxylic acids is 1. The van der Waals surface area contributed by atoms with Gasteiger partial charge in [0.25, 0.3) is 5.91 Å². The van der Waals surface area contributed by atoms with Crippen LogP contribution >= 0.6 is 11.3 Å². The first kappa shape index (κ1) is 16.4. The van der Waals surface area contributed by atoms with Gasteiger partial charge in [-0.15, -0.1) is 11.3 Å². The molecule has 1 atom stereocenters. The standard InChI is InChI=1S/C14H19NO4S/c1-4-14(2,19-3)13(18)15-9-11-10(7-8-20-11)5-6-12(16)17/h5-8H,4,9H2,1-3H3,(H,15,18)(H,16,17)/b6-5+. The Morgan fingerprint density at radius 1 is 1.55 bits per heavy atom. The first-order valence-corrected chi connectivity index (χ1v) is 7.11. The van der Waals surface area contributed by atoms with Gasteiger partial charge in [0.05, 0.1) is 6.54 Å². The molecule has 0 aliphatic heterocycles. The van der Waals surface area contributed by atoms with Crippen LogP contribution in [-0.2, 0) is 20.9 Å². The van der Waals surface area contributed by atoms with E-state index in [1.807, 2.05) is 18.4 Å². The van der Waals surface area contributed by atoms with Crippen molar-refractivity contribution >= 4 is 29.3 Å². The van der Waals surface area contributed by atoms with Gasteiger partial charge in [-0.25, -0.2) is 4.79 Å². The minimum absolute atomic E-state index is 0.177. The number of ether oxygens (including phenoxy) is 1. The second-order valence-corrected chi connectivity index (χ2v) is 5.44. The van der Waals surface area contributed by atoms with Crippen molar-refractivity contribution in [3.63, 3.8) is 0 Å². The molecule has 1 rings (SSSR count). The Labute approximate surface area is 122 Å². The molecule has 5 nitrogen and oxygen atoms in total. The zero-order valence-corrected chi connectivity index (χ0v) is 12.6. The van der Waals surface area contributed by atoms with Crippen LogP contribution in [0.25, 0.3) is 6.08 Å². The highest BCUT2D eigenvalue weighted by Crippen LogP contribution is 2.19. The number of methoxy groups -OCH3 is 1. The van der Waals surface area contributed by atoms with Crippen molar-refractivity contribution < 1.29 is 19.4 Å². The maximum absolute atomic E-state index is 12.1. The maximum Gasteiger partial charge on any atom is 0.328 e. The molecule has 0 aliphatic carbocycles. The van der Waals surface area contributed by atoms with E-state index in [1.165, 1.54) is 24.5 Å². The SMILES string of the molecule is CCC(C)(OC)C(=O)NCc1sccc1/C=C/C(=O)O. The van der Waals surface area contributed by atoms with Gasteiger partial charge in [-0.3, -0.25) is 4.79 Å². The minimum atomic E-state index is -0.996. The molecule has 0 aromatic carbocycles. The highest BCUT2D eigenvalue weighted by Gasteiger charge is 2.30. The van der Waals surface area contributed by atoms with Gasteiger partial charge in [0, 0.05) is 18.1 Å². The topological polar surface area (TPSA) is 75.6 Å². The quantitative estimate of drug-likeness (QED) is 0.757. The normalized spacial score (nSPS) is 14.2. The monoisotopic (exact) mass is 297 g/mol. The predicted molar refractivity (Wildman–Crippen MR) is 78.5 cm³/mol. The van der Waals surface area contributed by atoms with Gasteiger partial charge in [0.2, 0.25) is 0 Å². The summed E-state index contributed by atoms with van der Waals surface area (Å²) in [6.45, 7) is 3.98. The Bertz CT molecular complexity index is 503. The number of amides is 1. The average molecular weight is 297 g/mol. The lowest BCUT2D eigenvalue weighted by molar-refractivity contribution is -0.142. The Hall–Kier alpha value is -1.66. The Kier molecular flexibility index (Phi) is 5.91. The van der Waals surface area contributed by atoms with Gasteiger partial charge < -0.3 is 15.2 Å². The summed E-state index contributed by atoms with van der Waals surface area (Å²) in [4.78, 5) is 23.5. The first-order valence-electron chi connectivity index (χ1n) is 6.23. The summed E-state index contributed by atoms with van der Waals surface area (Å²) in [5.41, 5.74) is -0.0396. The zero-order valence-electron chi connectivity index (χ0n) is 11.8. The molecule has 1 unspecified atom stereocenters. The number of aliphatic carboxylic acids is 1. The molecular formula is C14H19NO4S. The van der Waals surface area contributed by atoms with Crippen molar-refractivity contribution in [3.8, 4) is 0 Å². The van der Waals surface area contributed by atoms with E-state index in [0.717, 1.165) is 16.5 Å². The first-order chi connectivity index (χ1) is 9.42. The van der Waals surface area contributed by atoms with E-state index in [1.54, 1.807) is 6.92 Å². The summed E-state index contributed by atoms with van der Waals surface area (Å²) in [5, 5.41) is 13.3. The molecule has 2 N–H and O–H groups in total. The van der Waals surface area contributed by atoms with Crippen molar-refractivity contribution in [1.29, 1.82) is 0 Å². The molecule has 1 amide bonds. The van der Waals surface area contributed by atoms with E-state index < -0.39 is 11.6 Å². The van der Waals surface area contributed by atoms with Crippen LogP contribution in [-0.4, -0.2) is 29.7 Å². The fraction of sp³-hybridized carbons (Fsp3) is 0.429. The van der Waals surface area contributed by atoms with E-state index in [-0.39, 0.29) is 5.91 Å². The van der Waals surface area contributed by atoms with Crippen LogP contribution < -0.4 is 5.32 Å². The number of nitrogens with one attached hydrogen (secondary N) is 1. The Morgan fingerprint density at radius 2 is 2.25 bits per heavy atom. The lowest BCUT2D eigenvalue weighted by atomic mass is 10.0. The lowest BCUT2D eigenvalue weighted by Gasteiger charge is -2.25. The van der Waals surface area contributed by atoms with Crippen LogP contribution in [0.3, 0.4) is 0 Å². The fourth-order valence-electron chi connectivity index (χ4n) is 1.55. The number of hydrogen-bond acceptors (Lipinski definition) is 4. The van der Waals surface area contributed by atoms with Gasteiger partial charge in [-0.2, -0.15) is 0 Å². The number of rotatable bonds is 7. The second-order valence-electron chi connectivity index (χ2n) is 4.44. The summed E-state index contributed by atoms with van der Waals surface area (Å²) < 4.78 is 5.23. The summed E-state index contributed by atoms with van der Waals surface area (Å²) in [5.74, 6) is -1.17. The Balaban J connectivity index is 2.69. The van der Waals surface area contributed by atoms with Crippen LogP contribution in [0.15, 0.2) is 17.5 Å². The van der Waals surface area contributed by atoms with Gasteiger partial charge in [-0.05, 0) is 36.4 Å². The van der Waals surface area contributed by atoms with Crippen LogP contribution in [0.4, 0.5) is 0 Å². The van der Waals surface area contributed by atoms with Crippen molar-refractivity contribution in [2.45, 2.75) is 32.4 Å². The molecule has 0 bridgehead atoms. The minimum Gasteiger partial charge on any atom is -0.478 e. The van der Waals surface area contributed by atoms with E-state index in [0.29, 0.717) is 13.0 Å². The number of carbonyl (C=O) groups is 2. The molecule has 0 spiro atoms. The molecule has 1 aromatic heterocycles. The third-order valence-corrected chi connectivity index (χ3v) is 4.14. The molecule has 6 heteroatoms. The third-order valence-electron chi connectivity index (χ3n) is 3.20. The van der Waals surface area contributed by atoms with E-state index in [9.17, 15) is 9.59 Å². The summed E-state index contributed by atoms with van der Waals surface area (Å²) in [7, 11) is 1.51. The summed E-state index contributed by atoms with van der Waals surface area (Å²) >= 11 is 1.47. The number of carboxylic acids is 1. The summed E-state index contributed by atoms with van der Waals surface area (Å²) in [6, 6.07) is 1.82. The molecule has 20 heavy (non-hydrogen) atoms. The predicted octanol–water partition coefficient (Wildman–Crippen LogP) is 2.28. The smallest absolute Gasteiger partial charge is 0.328 e. The molecule has 0 saturated heterocycles. The zero-order chi connectivity index (χ0) is 15.2. The van der Waals surface area contributed by atoms with E-state index >= 15 is 0 Å². The number of thiophene rings is 1. The molecule has 0 radical (unpaired) electrons. The van der Waals surface area contributed by atoms with Crippen molar-refractivity contribution in [2.75, 3.05) is 7.11 Å². The third kappa shape index (κ3) is 4.18. The molecule has 0 fully saturated rings. The number of hydrogen-bond donors (Lipinski definition) is 2. The van der Waals surface area contributed by atoms with E-state index in [4.69, 9.17) is 9.84 Å². The fourth-order valence-corrected chi connectivity index (χ4v) is 2.36. The van der Waals surface area contributed by atoms with Crippen LogP contribution in [0, 0.1) is 0 Å². The lowest BCUT2D eigenvalue weighted by Crippen LogP contribution is -2.45. The molecule has 0 aliphatic rings. The molecule has 1 aromatic rings. The Morgan fingerprint density at radius 3 is 2.80 bits per heavy atom. The van der Waals surface area contributed by atoms with Crippen molar-refractivity contribution in [3.05, 3.63) is 28.0 Å². The highest BCUT2D eigenvalue weighted by molar-refractivity contribution is 7.10. The van der Waals surface area contributed by atoms with Gasteiger partial charge in [-0.1, -0.05) is 6.92 Å². The highest BCUT2D eigenvalue weighted by atomic mass is 32.1. The largest absolute Gasteiger partial charge is 0.478 e. The number of carboxylic acid groups (broad SMARTS) is 1. The second kappa shape index (κ2) is 7.21. The average Bonchev–Trinajstić information content (AvgIpc) is 2.88. The van der Waals surface area contributed by atoms with Gasteiger partial charge >= 0.3 is 5.97 Å². The van der Waals surface area contributed by atoms with Gasteiger partial charge in [0.1, 0.15) is 5.60 Å². The van der Waals surface area contributed by atoms with Crippen LogP contribution in [0.2, 0.25) is 0 Å². The van der Waals surface area contributed by atoms with Crippen LogP contribution in [0.1, 0.15) is 30.7 Å². The van der Waals surface area contributed by atoms with Crippen molar-refractivity contribution in [2.24, 2.45) is 0 Å². The molecular weight excluding hydrogens is 278 g/mol. The van der Waals surface area contributed by atoms with Crippen LogP contribution in [0.5, 0.6) is 0 Å². The van der Waals surface area contributed by atoms with Crippen molar-refractivity contribution in [1.82, 2.24) is 5.32 Å². The summed E-state index contributed by atoms with van der Waals surface area (Å²) in [6.07, 6.45) is 3.18.